The summed E-state index contributed by atoms with van der Waals surface area (Å²) in [7, 11) is 0. The lowest BCUT2D eigenvalue weighted by molar-refractivity contribution is -0.115. The van der Waals surface area contributed by atoms with E-state index in [1.165, 1.54) is 11.8 Å². The largest absolute Gasteiger partial charge is 0.368 e. The lowest BCUT2D eigenvalue weighted by Gasteiger charge is -2.10. The molecular formula is C11H12ClN5OS. The molecule has 2 aromatic rings. The maximum atomic E-state index is 11.9. The van der Waals surface area contributed by atoms with Gasteiger partial charge in [-0.15, -0.1) is 5.10 Å². The fourth-order valence-electron chi connectivity index (χ4n) is 1.30. The molecule has 1 amide bonds. The summed E-state index contributed by atoms with van der Waals surface area (Å²) in [5, 5.41) is 9.88. The van der Waals surface area contributed by atoms with Crippen LogP contribution in [0.5, 0.6) is 0 Å². The molecule has 4 N–H and O–H groups in total. The lowest BCUT2D eigenvalue weighted by Crippen LogP contribution is -2.22. The minimum Gasteiger partial charge on any atom is -0.368 e. The van der Waals surface area contributed by atoms with Gasteiger partial charge in [-0.25, -0.2) is 5.10 Å². The van der Waals surface area contributed by atoms with Gasteiger partial charge in [0.25, 0.3) is 0 Å². The van der Waals surface area contributed by atoms with Crippen molar-refractivity contribution in [1.29, 1.82) is 0 Å². The molecule has 0 bridgehead atoms. The maximum absolute atomic E-state index is 11.9. The summed E-state index contributed by atoms with van der Waals surface area (Å²) in [6.07, 6.45) is 0. The number of aromatic nitrogens is 3. The highest BCUT2D eigenvalue weighted by Gasteiger charge is 2.16. The fourth-order valence-corrected chi connectivity index (χ4v) is 2.16. The Hall–Kier alpha value is -1.73. The van der Waals surface area contributed by atoms with Crippen molar-refractivity contribution in [2.45, 2.75) is 17.3 Å². The number of thioether (sulfide) groups is 1. The van der Waals surface area contributed by atoms with Gasteiger partial charge in [0.05, 0.1) is 5.25 Å². The zero-order valence-corrected chi connectivity index (χ0v) is 11.6. The van der Waals surface area contributed by atoms with Crippen LogP contribution in [0, 0.1) is 0 Å². The van der Waals surface area contributed by atoms with Crippen LogP contribution in [0.25, 0.3) is 0 Å². The zero-order valence-electron chi connectivity index (χ0n) is 10.1. The average molecular weight is 298 g/mol. The number of aromatic amines is 1. The van der Waals surface area contributed by atoms with Gasteiger partial charge in [0.15, 0.2) is 0 Å². The summed E-state index contributed by atoms with van der Waals surface area (Å²) in [6, 6.07) is 6.90. The van der Waals surface area contributed by atoms with E-state index in [0.717, 1.165) is 0 Å². The smallest absolute Gasteiger partial charge is 0.237 e. The Labute approximate surface area is 119 Å². The van der Waals surface area contributed by atoms with Crippen molar-refractivity contribution in [3.63, 3.8) is 0 Å². The van der Waals surface area contributed by atoms with Gasteiger partial charge < -0.3 is 11.1 Å². The zero-order chi connectivity index (χ0) is 13.8. The van der Waals surface area contributed by atoms with Crippen LogP contribution >= 0.6 is 23.4 Å². The van der Waals surface area contributed by atoms with Crippen molar-refractivity contribution in [2.75, 3.05) is 11.1 Å². The molecule has 0 saturated carbocycles. The van der Waals surface area contributed by atoms with Crippen LogP contribution in [-0.2, 0) is 4.79 Å². The standard InChI is InChI=1S/C11H12ClN5OS/c1-6(19-11-15-10(13)16-17-11)9(18)14-8-4-2-7(12)3-5-8/h2-6H,1H3,(H,14,18)(H3,13,15,16,17)/t6-/m1/s1. The van der Waals surface area contributed by atoms with Crippen molar-refractivity contribution in [1.82, 2.24) is 15.2 Å². The Bertz CT molecular complexity index is 571. The number of nitrogen functional groups attached to an aromatic ring is 1. The number of carbonyl (C=O) groups excluding carboxylic acids is 1. The maximum Gasteiger partial charge on any atom is 0.237 e. The first-order valence-corrected chi connectivity index (χ1v) is 6.71. The fraction of sp³-hybridized carbons (Fsp3) is 0.182. The van der Waals surface area contributed by atoms with Crippen molar-refractivity contribution >= 4 is 40.9 Å². The summed E-state index contributed by atoms with van der Waals surface area (Å²) in [4.78, 5) is 15.9. The topological polar surface area (TPSA) is 96.7 Å². The van der Waals surface area contributed by atoms with Crippen LogP contribution < -0.4 is 11.1 Å². The van der Waals surface area contributed by atoms with Gasteiger partial charge in [0.2, 0.25) is 17.0 Å². The second-order valence-corrected chi connectivity index (χ2v) is 5.50. The molecule has 1 atom stereocenters. The van der Waals surface area contributed by atoms with E-state index in [9.17, 15) is 4.79 Å². The highest BCUT2D eigenvalue weighted by atomic mass is 35.5. The molecule has 0 saturated heterocycles. The number of rotatable bonds is 4. The van der Waals surface area contributed by atoms with E-state index >= 15 is 0 Å². The van der Waals surface area contributed by atoms with Crippen LogP contribution in [0.15, 0.2) is 29.4 Å². The molecule has 100 valence electrons. The van der Waals surface area contributed by atoms with Crippen molar-refractivity contribution < 1.29 is 4.79 Å². The lowest BCUT2D eigenvalue weighted by atomic mass is 10.3. The third-order valence-corrected chi connectivity index (χ3v) is 3.46. The van der Waals surface area contributed by atoms with E-state index in [4.69, 9.17) is 17.3 Å². The number of nitrogens with one attached hydrogen (secondary N) is 2. The minimum atomic E-state index is -0.342. The molecule has 6 nitrogen and oxygen atoms in total. The molecule has 0 fully saturated rings. The highest BCUT2D eigenvalue weighted by molar-refractivity contribution is 8.00. The third-order valence-electron chi connectivity index (χ3n) is 2.25. The molecule has 1 aromatic heterocycles. The summed E-state index contributed by atoms with van der Waals surface area (Å²) < 4.78 is 0. The molecule has 0 aliphatic carbocycles. The van der Waals surface area contributed by atoms with Gasteiger partial charge in [0, 0.05) is 10.7 Å². The van der Waals surface area contributed by atoms with Crippen LogP contribution in [-0.4, -0.2) is 26.3 Å². The van der Waals surface area contributed by atoms with E-state index in [1.807, 2.05) is 0 Å². The first kappa shape index (κ1) is 13.7. The molecule has 8 heteroatoms. The van der Waals surface area contributed by atoms with Gasteiger partial charge in [-0.2, -0.15) is 4.98 Å². The van der Waals surface area contributed by atoms with Gasteiger partial charge >= 0.3 is 0 Å². The number of nitrogens with zero attached hydrogens (tertiary/aromatic N) is 2. The second-order valence-electron chi connectivity index (χ2n) is 3.76. The van der Waals surface area contributed by atoms with E-state index in [2.05, 4.69) is 20.5 Å². The molecule has 2 rings (SSSR count). The van der Waals surface area contributed by atoms with E-state index in [1.54, 1.807) is 31.2 Å². The summed E-state index contributed by atoms with van der Waals surface area (Å²) in [5.74, 6) is 0.0866. The van der Waals surface area contributed by atoms with Gasteiger partial charge in [-0.05, 0) is 31.2 Å². The number of benzene rings is 1. The van der Waals surface area contributed by atoms with Crippen LogP contribution in [0.2, 0.25) is 5.02 Å². The second kappa shape index (κ2) is 5.94. The van der Waals surface area contributed by atoms with E-state index < -0.39 is 0 Å². The SMILES string of the molecule is C[C@@H](Sc1n[nH]c(N)n1)C(=O)Nc1ccc(Cl)cc1. The summed E-state index contributed by atoms with van der Waals surface area (Å²) in [6.45, 7) is 1.77. The highest BCUT2D eigenvalue weighted by Crippen LogP contribution is 2.21. The van der Waals surface area contributed by atoms with Crippen LogP contribution in [0.4, 0.5) is 11.6 Å². The Kier molecular flexibility index (Phi) is 4.28. The van der Waals surface area contributed by atoms with E-state index in [-0.39, 0.29) is 17.1 Å². The molecule has 0 spiro atoms. The predicted octanol–water partition coefficient (Wildman–Crippen LogP) is 2.16. The average Bonchev–Trinajstić information content (AvgIpc) is 2.77. The molecule has 19 heavy (non-hydrogen) atoms. The Morgan fingerprint density at radius 3 is 2.74 bits per heavy atom. The monoisotopic (exact) mass is 297 g/mol. The molecule has 0 radical (unpaired) electrons. The Morgan fingerprint density at radius 1 is 1.47 bits per heavy atom. The molecule has 0 aliphatic rings. The first-order valence-electron chi connectivity index (χ1n) is 5.45. The normalized spacial score (nSPS) is 12.1. The molecule has 0 aliphatic heterocycles. The van der Waals surface area contributed by atoms with Crippen molar-refractivity contribution in [3.05, 3.63) is 29.3 Å². The first-order chi connectivity index (χ1) is 9.04. The predicted molar refractivity (Wildman–Crippen MR) is 76.2 cm³/mol. The molecule has 0 unspecified atom stereocenters. The minimum absolute atomic E-state index is 0.143. The van der Waals surface area contributed by atoms with Gasteiger partial charge in [-0.3, -0.25) is 4.79 Å². The number of halogens is 1. The molecular weight excluding hydrogens is 286 g/mol. The number of hydrogen-bond donors (Lipinski definition) is 3. The van der Waals surface area contributed by atoms with Crippen molar-refractivity contribution in [2.24, 2.45) is 0 Å². The van der Waals surface area contributed by atoms with Crippen LogP contribution in [0.1, 0.15) is 6.92 Å². The number of nitrogens with two attached hydrogens (primary N) is 1. The van der Waals surface area contributed by atoms with E-state index in [0.29, 0.717) is 15.9 Å². The number of carbonyl (C=O) groups is 1. The van der Waals surface area contributed by atoms with Gasteiger partial charge in [-0.1, -0.05) is 23.4 Å². The summed E-state index contributed by atoms with van der Waals surface area (Å²) >= 11 is 7.00. The third kappa shape index (κ3) is 3.87. The van der Waals surface area contributed by atoms with Crippen molar-refractivity contribution in [3.8, 4) is 0 Å². The number of H-pyrrole nitrogens is 1. The number of hydrogen-bond acceptors (Lipinski definition) is 5. The molecule has 1 aromatic carbocycles. The number of amides is 1. The number of anilines is 2. The molecule has 1 heterocycles. The Balaban J connectivity index is 1.94. The van der Waals surface area contributed by atoms with Gasteiger partial charge in [0.1, 0.15) is 0 Å². The summed E-state index contributed by atoms with van der Waals surface area (Å²) in [5.41, 5.74) is 6.10. The Morgan fingerprint density at radius 2 is 2.16 bits per heavy atom. The quantitative estimate of drug-likeness (QED) is 0.751. The van der Waals surface area contributed by atoms with Crippen LogP contribution in [0.3, 0.4) is 0 Å².